The maximum absolute atomic E-state index is 12.2. The highest BCUT2D eigenvalue weighted by molar-refractivity contribution is 5.85. The van der Waals surface area contributed by atoms with Crippen molar-refractivity contribution >= 4 is 12.1 Å². The molecule has 0 spiro atoms. The Balaban J connectivity index is 1.56. The molecule has 0 aromatic heterocycles. The number of rotatable bonds is 3. The summed E-state index contributed by atoms with van der Waals surface area (Å²) < 4.78 is 0. The molecule has 0 unspecified atom stereocenters. The minimum atomic E-state index is 0.0503. The maximum Gasteiger partial charge on any atom is 0.244 e. The molecule has 1 aromatic carbocycles. The molecule has 0 radical (unpaired) electrons. The van der Waals surface area contributed by atoms with Gasteiger partial charge in [0.25, 0.3) is 0 Å². The molecule has 0 heterocycles. The molecule has 1 N–H and O–H groups in total. The Hall–Kier alpha value is -2.15. The molecule has 108 valence electrons. The van der Waals surface area contributed by atoms with Crippen LogP contribution in [-0.2, 0) is 4.79 Å². The van der Waals surface area contributed by atoms with Crippen molar-refractivity contribution in [2.45, 2.75) is 32.6 Å². The molecule has 1 amide bonds. The van der Waals surface area contributed by atoms with E-state index in [1.807, 2.05) is 12.1 Å². The van der Waals surface area contributed by atoms with Crippen LogP contribution in [0.4, 0.5) is 0 Å². The second-order valence-corrected chi connectivity index (χ2v) is 6.30. The molecule has 4 heteroatoms. The van der Waals surface area contributed by atoms with E-state index in [-0.39, 0.29) is 17.2 Å². The first-order valence-electron chi connectivity index (χ1n) is 7.48. The summed E-state index contributed by atoms with van der Waals surface area (Å²) in [7, 11) is 0. The number of nitriles is 1. The molecule has 0 aliphatic heterocycles. The summed E-state index contributed by atoms with van der Waals surface area (Å²) in [6, 6.07) is 9.17. The van der Waals surface area contributed by atoms with Gasteiger partial charge in [-0.2, -0.15) is 10.4 Å². The minimum Gasteiger partial charge on any atom is -0.273 e. The van der Waals surface area contributed by atoms with Crippen LogP contribution >= 0.6 is 0 Å². The van der Waals surface area contributed by atoms with Gasteiger partial charge in [0.15, 0.2) is 0 Å². The summed E-state index contributed by atoms with van der Waals surface area (Å²) in [5.74, 6) is 0.740. The van der Waals surface area contributed by atoms with E-state index in [0.717, 1.165) is 12.0 Å². The van der Waals surface area contributed by atoms with Crippen LogP contribution in [0.5, 0.6) is 0 Å². The summed E-state index contributed by atoms with van der Waals surface area (Å²) in [6.45, 7) is 2.23. The highest BCUT2D eigenvalue weighted by atomic mass is 16.2. The number of hydrogen-bond acceptors (Lipinski definition) is 3. The van der Waals surface area contributed by atoms with Crippen molar-refractivity contribution in [1.29, 1.82) is 5.26 Å². The van der Waals surface area contributed by atoms with Crippen LogP contribution in [0.2, 0.25) is 0 Å². The van der Waals surface area contributed by atoms with Gasteiger partial charge < -0.3 is 0 Å². The molecular weight excluding hydrogens is 262 g/mol. The lowest BCUT2D eigenvalue weighted by Crippen LogP contribution is -2.22. The molecule has 21 heavy (non-hydrogen) atoms. The van der Waals surface area contributed by atoms with Gasteiger partial charge in [-0.25, -0.2) is 5.43 Å². The summed E-state index contributed by atoms with van der Waals surface area (Å²) >= 11 is 0. The van der Waals surface area contributed by atoms with Crippen molar-refractivity contribution in [3.05, 3.63) is 35.4 Å². The van der Waals surface area contributed by atoms with E-state index in [1.165, 1.54) is 19.3 Å². The largest absolute Gasteiger partial charge is 0.273 e. The SMILES string of the molecule is C[C@]12CCCC[C@H]1[C@H]2C(=O)N/N=C/c1ccc(C#N)cc1. The van der Waals surface area contributed by atoms with Crippen molar-refractivity contribution in [3.8, 4) is 6.07 Å². The monoisotopic (exact) mass is 281 g/mol. The van der Waals surface area contributed by atoms with Crippen molar-refractivity contribution in [2.24, 2.45) is 22.4 Å². The topological polar surface area (TPSA) is 65.2 Å². The van der Waals surface area contributed by atoms with Gasteiger partial charge in [0.05, 0.1) is 17.8 Å². The van der Waals surface area contributed by atoms with E-state index < -0.39 is 0 Å². The predicted molar refractivity (Wildman–Crippen MR) is 80.4 cm³/mol. The number of hydrogen-bond donors (Lipinski definition) is 1. The summed E-state index contributed by atoms with van der Waals surface area (Å²) in [5.41, 5.74) is 4.37. The van der Waals surface area contributed by atoms with Crippen LogP contribution < -0.4 is 5.43 Å². The van der Waals surface area contributed by atoms with Crippen LogP contribution in [0.3, 0.4) is 0 Å². The highest BCUT2D eigenvalue weighted by Crippen LogP contribution is 2.66. The van der Waals surface area contributed by atoms with E-state index >= 15 is 0 Å². The Labute approximate surface area is 124 Å². The lowest BCUT2D eigenvalue weighted by molar-refractivity contribution is -0.123. The van der Waals surface area contributed by atoms with E-state index in [9.17, 15) is 4.79 Å². The molecule has 1 aromatic rings. The van der Waals surface area contributed by atoms with Gasteiger partial charge in [-0.1, -0.05) is 31.9 Å². The highest BCUT2D eigenvalue weighted by Gasteiger charge is 2.64. The molecule has 2 aliphatic carbocycles. The van der Waals surface area contributed by atoms with Crippen LogP contribution in [0, 0.1) is 28.6 Å². The van der Waals surface area contributed by atoms with Gasteiger partial charge in [0.1, 0.15) is 0 Å². The zero-order valence-corrected chi connectivity index (χ0v) is 12.2. The molecule has 3 rings (SSSR count). The molecule has 3 atom stereocenters. The summed E-state index contributed by atoms with van der Waals surface area (Å²) in [4.78, 5) is 12.2. The zero-order chi connectivity index (χ0) is 14.9. The normalized spacial score (nSPS) is 30.5. The van der Waals surface area contributed by atoms with Crippen molar-refractivity contribution in [3.63, 3.8) is 0 Å². The fraction of sp³-hybridized carbons (Fsp3) is 0.471. The number of benzene rings is 1. The molecule has 0 saturated heterocycles. The average molecular weight is 281 g/mol. The van der Waals surface area contributed by atoms with E-state index in [1.54, 1.807) is 18.3 Å². The van der Waals surface area contributed by atoms with E-state index in [4.69, 9.17) is 5.26 Å². The lowest BCUT2D eigenvalue weighted by atomic mass is 9.90. The molecule has 2 saturated carbocycles. The molecule has 4 nitrogen and oxygen atoms in total. The third-order valence-electron chi connectivity index (χ3n) is 5.04. The van der Waals surface area contributed by atoms with Crippen molar-refractivity contribution < 1.29 is 4.79 Å². The smallest absolute Gasteiger partial charge is 0.244 e. The van der Waals surface area contributed by atoms with Crippen molar-refractivity contribution in [2.75, 3.05) is 0 Å². The standard InChI is InChI=1S/C17H19N3O/c1-17-9-3-2-4-14(17)15(17)16(21)20-19-11-13-7-5-12(10-18)6-8-13/h5-8,11,14-15H,2-4,9H2,1H3,(H,20,21)/b19-11+/t14-,15-,17-/m0/s1. The average Bonchev–Trinajstić information content (AvgIpc) is 3.13. The Morgan fingerprint density at radius 2 is 2.19 bits per heavy atom. The van der Waals surface area contributed by atoms with Crippen LogP contribution in [-0.4, -0.2) is 12.1 Å². The zero-order valence-electron chi connectivity index (χ0n) is 12.2. The maximum atomic E-state index is 12.2. The fourth-order valence-electron chi connectivity index (χ4n) is 3.73. The number of fused-ring (bicyclic) bond motifs is 1. The minimum absolute atomic E-state index is 0.0503. The number of nitrogens with one attached hydrogen (secondary N) is 1. The summed E-state index contributed by atoms with van der Waals surface area (Å²) in [6.07, 6.45) is 6.44. The number of carbonyl (C=O) groups is 1. The Kier molecular flexibility index (Phi) is 3.50. The molecule has 0 bridgehead atoms. The second kappa shape index (κ2) is 5.33. The third-order valence-corrected chi connectivity index (χ3v) is 5.04. The van der Waals surface area contributed by atoms with E-state index in [0.29, 0.717) is 11.5 Å². The number of nitrogens with zero attached hydrogens (tertiary/aromatic N) is 2. The molecular formula is C17H19N3O. The van der Waals surface area contributed by atoms with Gasteiger partial charge in [0, 0.05) is 5.92 Å². The summed E-state index contributed by atoms with van der Waals surface area (Å²) in [5, 5.41) is 12.8. The van der Waals surface area contributed by atoms with Gasteiger partial charge in [-0.05, 0) is 41.9 Å². The van der Waals surface area contributed by atoms with Crippen LogP contribution in [0.15, 0.2) is 29.4 Å². The predicted octanol–water partition coefficient (Wildman–Crippen LogP) is 2.83. The van der Waals surface area contributed by atoms with Gasteiger partial charge in [-0.3, -0.25) is 4.79 Å². The van der Waals surface area contributed by atoms with E-state index in [2.05, 4.69) is 23.5 Å². The first kappa shape index (κ1) is 13.8. The van der Waals surface area contributed by atoms with Gasteiger partial charge in [-0.15, -0.1) is 0 Å². The van der Waals surface area contributed by atoms with Crippen molar-refractivity contribution in [1.82, 2.24) is 5.43 Å². The van der Waals surface area contributed by atoms with Crippen LogP contribution in [0.25, 0.3) is 0 Å². The van der Waals surface area contributed by atoms with Gasteiger partial charge in [0.2, 0.25) is 5.91 Å². The lowest BCUT2D eigenvalue weighted by Gasteiger charge is -2.15. The van der Waals surface area contributed by atoms with Gasteiger partial charge >= 0.3 is 0 Å². The number of carbonyl (C=O) groups excluding carboxylic acids is 1. The van der Waals surface area contributed by atoms with Crippen LogP contribution in [0.1, 0.15) is 43.7 Å². The Morgan fingerprint density at radius 3 is 2.81 bits per heavy atom. The Morgan fingerprint density at radius 1 is 1.43 bits per heavy atom. The third kappa shape index (κ3) is 2.56. The fourth-order valence-corrected chi connectivity index (χ4v) is 3.73. The molecule has 2 aliphatic rings. The Bertz CT molecular complexity index is 614. The number of amides is 1. The molecule has 2 fully saturated rings. The number of hydrazone groups is 1. The first-order chi connectivity index (χ1) is 10.1. The first-order valence-corrected chi connectivity index (χ1v) is 7.48. The quantitative estimate of drug-likeness (QED) is 0.684. The second-order valence-electron chi connectivity index (χ2n) is 6.30.